The topological polar surface area (TPSA) is 24.4 Å². The Morgan fingerprint density at radius 2 is 2.12 bits per heavy atom. The van der Waals surface area contributed by atoms with Crippen molar-refractivity contribution >= 4 is 23.2 Å². The smallest absolute Gasteiger partial charge is 0.151 e. The maximum absolute atomic E-state index is 13.2. The number of thiophene rings is 1. The molecule has 0 aliphatic rings. The zero-order valence-corrected chi connectivity index (χ0v) is 9.89. The van der Waals surface area contributed by atoms with Crippen LogP contribution in [0.4, 0.5) is 14.5 Å². The van der Waals surface area contributed by atoms with Gasteiger partial charge in [-0.2, -0.15) is 5.10 Å². The molecule has 0 spiro atoms. The van der Waals surface area contributed by atoms with Crippen molar-refractivity contribution in [3.05, 3.63) is 51.7 Å². The maximum Gasteiger partial charge on any atom is 0.151 e. The summed E-state index contributed by atoms with van der Waals surface area (Å²) in [5, 5.41) is 5.86. The third kappa shape index (κ3) is 2.88. The number of benzene rings is 1. The standard InChI is InChI=1S/C12H10F2N2S/c1-8-4-5-17-12(8)7-15-16-11-3-2-9(13)6-10(11)14/h2-7,16H,1H3. The molecule has 2 aromatic rings. The maximum atomic E-state index is 13.2. The number of rotatable bonds is 3. The summed E-state index contributed by atoms with van der Waals surface area (Å²) in [6, 6.07) is 5.28. The van der Waals surface area contributed by atoms with Crippen LogP contribution in [0.2, 0.25) is 0 Å². The van der Waals surface area contributed by atoms with E-state index in [0.717, 1.165) is 16.5 Å². The Morgan fingerprint density at radius 3 is 2.76 bits per heavy atom. The highest BCUT2D eigenvalue weighted by molar-refractivity contribution is 7.11. The average molecular weight is 252 g/mol. The van der Waals surface area contributed by atoms with Gasteiger partial charge in [-0.05, 0) is 36.1 Å². The molecule has 0 amide bonds. The van der Waals surface area contributed by atoms with E-state index in [4.69, 9.17) is 0 Å². The van der Waals surface area contributed by atoms with Gasteiger partial charge in [0.05, 0.1) is 11.9 Å². The fraction of sp³-hybridized carbons (Fsp3) is 0.0833. The molecule has 1 N–H and O–H groups in total. The molecule has 0 unspecified atom stereocenters. The van der Waals surface area contributed by atoms with Gasteiger partial charge >= 0.3 is 0 Å². The zero-order valence-electron chi connectivity index (χ0n) is 9.08. The Morgan fingerprint density at radius 1 is 1.29 bits per heavy atom. The molecule has 0 aliphatic carbocycles. The minimum atomic E-state index is -0.662. The van der Waals surface area contributed by atoms with Gasteiger partial charge in [0, 0.05) is 10.9 Å². The third-order valence-electron chi connectivity index (χ3n) is 2.20. The van der Waals surface area contributed by atoms with Crippen molar-refractivity contribution in [2.24, 2.45) is 5.10 Å². The highest BCUT2D eigenvalue weighted by Gasteiger charge is 2.01. The van der Waals surface area contributed by atoms with Crippen molar-refractivity contribution in [3.63, 3.8) is 0 Å². The van der Waals surface area contributed by atoms with Crippen molar-refractivity contribution in [2.75, 3.05) is 5.43 Å². The Balaban J connectivity index is 2.07. The number of hydrogen-bond donors (Lipinski definition) is 1. The van der Waals surface area contributed by atoms with Crippen molar-refractivity contribution < 1.29 is 8.78 Å². The zero-order chi connectivity index (χ0) is 12.3. The highest BCUT2D eigenvalue weighted by atomic mass is 32.1. The molecule has 0 radical (unpaired) electrons. The number of hydrazone groups is 1. The molecule has 1 aromatic heterocycles. The SMILES string of the molecule is Cc1ccsc1C=NNc1ccc(F)cc1F. The average Bonchev–Trinajstić information content (AvgIpc) is 2.68. The lowest BCUT2D eigenvalue weighted by Crippen LogP contribution is -1.94. The van der Waals surface area contributed by atoms with E-state index >= 15 is 0 Å². The van der Waals surface area contributed by atoms with Crippen molar-refractivity contribution in [3.8, 4) is 0 Å². The van der Waals surface area contributed by atoms with Gasteiger partial charge in [0.1, 0.15) is 5.82 Å². The van der Waals surface area contributed by atoms with Gasteiger partial charge < -0.3 is 0 Å². The summed E-state index contributed by atoms with van der Waals surface area (Å²) in [6.45, 7) is 1.97. The van der Waals surface area contributed by atoms with Gasteiger partial charge in [-0.15, -0.1) is 11.3 Å². The summed E-state index contributed by atoms with van der Waals surface area (Å²) in [4.78, 5) is 1.00. The van der Waals surface area contributed by atoms with Gasteiger partial charge in [-0.1, -0.05) is 0 Å². The molecule has 88 valence electrons. The fourth-order valence-corrected chi connectivity index (χ4v) is 2.04. The monoisotopic (exact) mass is 252 g/mol. The lowest BCUT2D eigenvalue weighted by Gasteiger charge is -2.01. The van der Waals surface area contributed by atoms with Crippen LogP contribution in [-0.2, 0) is 0 Å². The summed E-state index contributed by atoms with van der Waals surface area (Å²) >= 11 is 1.55. The molecule has 0 atom stereocenters. The normalized spacial score (nSPS) is 11.0. The van der Waals surface area contributed by atoms with Crippen LogP contribution >= 0.6 is 11.3 Å². The van der Waals surface area contributed by atoms with E-state index in [9.17, 15) is 8.78 Å². The lowest BCUT2D eigenvalue weighted by atomic mass is 10.3. The number of halogens is 2. The van der Waals surface area contributed by atoms with Gasteiger partial charge in [0.15, 0.2) is 5.82 Å². The van der Waals surface area contributed by atoms with Crippen LogP contribution in [-0.4, -0.2) is 6.21 Å². The van der Waals surface area contributed by atoms with Crippen LogP contribution in [0.15, 0.2) is 34.7 Å². The number of hydrogen-bond acceptors (Lipinski definition) is 3. The number of nitrogens with one attached hydrogen (secondary N) is 1. The van der Waals surface area contributed by atoms with Gasteiger partial charge in [0.2, 0.25) is 0 Å². The predicted molar refractivity (Wildman–Crippen MR) is 66.6 cm³/mol. The predicted octanol–water partition coefficient (Wildman–Crippen LogP) is 3.78. The number of nitrogens with zero attached hydrogens (tertiary/aromatic N) is 1. The van der Waals surface area contributed by atoms with Crippen LogP contribution in [0.3, 0.4) is 0 Å². The first-order valence-corrected chi connectivity index (χ1v) is 5.83. The van der Waals surface area contributed by atoms with Gasteiger partial charge in [0.25, 0.3) is 0 Å². The van der Waals surface area contributed by atoms with Crippen LogP contribution in [0, 0.1) is 18.6 Å². The largest absolute Gasteiger partial charge is 0.275 e. The van der Waals surface area contributed by atoms with Crippen LogP contribution in [0.25, 0.3) is 0 Å². The van der Waals surface area contributed by atoms with Gasteiger partial charge in [-0.3, -0.25) is 5.43 Å². The minimum Gasteiger partial charge on any atom is -0.275 e. The van der Waals surface area contributed by atoms with Crippen molar-refractivity contribution in [2.45, 2.75) is 6.92 Å². The molecule has 17 heavy (non-hydrogen) atoms. The molecule has 0 fully saturated rings. The summed E-state index contributed by atoms with van der Waals surface area (Å²) in [7, 11) is 0. The summed E-state index contributed by atoms with van der Waals surface area (Å²) < 4.78 is 25.9. The van der Waals surface area contributed by atoms with E-state index in [1.165, 1.54) is 12.1 Å². The second-order valence-corrected chi connectivity index (χ2v) is 4.41. The Hall–Kier alpha value is -1.75. The second kappa shape index (κ2) is 5.05. The Bertz CT molecular complexity index is 549. The summed E-state index contributed by atoms with van der Waals surface area (Å²) in [5.74, 6) is -1.27. The van der Waals surface area contributed by atoms with E-state index in [-0.39, 0.29) is 5.69 Å². The molecule has 1 aromatic carbocycles. The first-order valence-electron chi connectivity index (χ1n) is 4.95. The van der Waals surface area contributed by atoms with E-state index in [2.05, 4.69) is 10.5 Å². The summed E-state index contributed by atoms with van der Waals surface area (Å²) in [5.41, 5.74) is 3.80. The Kier molecular flexibility index (Phi) is 3.49. The second-order valence-electron chi connectivity index (χ2n) is 3.46. The summed E-state index contributed by atoms with van der Waals surface area (Å²) in [6.07, 6.45) is 1.61. The molecule has 5 heteroatoms. The quantitative estimate of drug-likeness (QED) is 0.652. The molecular weight excluding hydrogens is 242 g/mol. The molecule has 1 heterocycles. The highest BCUT2D eigenvalue weighted by Crippen LogP contribution is 2.16. The first kappa shape index (κ1) is 11.7. The lowest BCUT2D eigenvalue weighted by molar-refractivity contribution is 0.585. The van der Waals surface area contributed by atoms with Crippen LogP contribution in [0.5, 0.6) is 0 Å². The molecular formula is C12H10F2N2S. The van der Waals surface area contributed by atoms with Crippen LogP contribution in [0.1, 0.15) is 10.4 Å². The third-order valence-corrected chi connectivity index (χ3v) is 3.15. The molecule has 0 bridgehead atoms. The number of anilines is 1. The van der Waals surface area contributed by atoms with E-state index in [1.54, 1.807) is 17.6 Å². The van der Waals surface area contributed by atoms with E-state index in [0.29, 0.717) is 0 Å². The molecule has 0 saturated heterocycles. The minimum absolute atomic E-state index is 0.150. The molecule has 2 rings (SSSR count). The first-order chi connectivity index (χ1) is 8.16. The van der Waals surface area contributed by atoms with Crippen molar-refractivity contribution in [1.82, 2.24) is 0 Å². The molecule has 0 saturated carbocycles. The van der Waals surface area contributed by atoms with E-state index < -0.39 is 11.6 Å². The van der Waals surface area contributed by atoms with E-state index in [1.807, 2.05) is 18.4 Å². The number of aryl methyl sites for hydroxylation is 1. The molecule has 0 aliphatic heterocycles. The fourth-order valence-electron chi connectivity index (χ4n) is 1.26. The van der Waals surface area contributed by atoms with Crippen molar-refractivity contribution in [1.29, 1.82) is 0 Å². The van der Waals surface area contributed by atoms with Gasteiger partial charge in [-0.25, -0.2) is 8.78 Å². The van der Waals surface area contributed by atoms with Crippen LogP contribution < -0.4 is 5.43 Å². The Labute approximate surface area is 102 Å². The molecule has 2 nitrogen and oxygen atoms in total.